The minimum atomic E-state index is -0.532. The molecule has 1 amide bonds. The molecule has 1 aliphatic heterocycles. The van der Waals surface area contributed by atoms with Crippen LogP contribution in [0.5, 0.6) is 5.75 Å². The summed E-state index contributed by atoms with van der Waals surface area (Å²) < 4.78 is 10.9. The van der Waals surface area contributed by atoms with Gasteiger partial charge in [0, 0.05) is 37.5 Å². The van der Waals surface area contributed by atoms with E-state index in [4.69, 9.17) is 15.2 Å². The lowest BCUT2D eigenvalue weighted by Gasteiger charge is -2.37. The highest BCUT2D eigenvalue weighted by atomic mass is 16.6. The zero-order valence-electron chi connectivity index (χ0n) is 13.5. The number of nitrogens with one attached hydrogen (secondary N) is 1. The number of ether oxygens (including phenoxy) is 2. The lowest BCUT2D eigenvalue weighted by atomic mass is 10.0. The van der Waals surface area contributed by atoms with Gasteiger partial charge in [0.1, 0.15) is 17.2 Å². The predicted octanol–water partition coefficient (Wildman–Crippen LogP) is 1.55. The number of hydrogen-bond acceptors (Lipinski definition) is 6. The molecule has 3 N–H and O–H groups in total. The molecule has 7 heteroatoms. The van der Waals surface area contributed by atoms with E-state index in [0.717, 1.165) is 12.1 Å². The third-order valence-electron chi connectivity index (χ3n) is 3.37. The van der Waals surface area contributed by atoms with Crippen molar-refractivity contribution in [2.75, 3.05) is 32.5 Å². The summed E-state index contributed by atoms with van der Waals surface area (Å²) in [6, 6.07) is 1.46. The highest BCUT2D eigenvalue weighted by Crippen LogP contribution is 2.31. The van der Waals surface area contributed by atoms with Crippen molar-refractivity contribution in [2.45, 2.75) is 32.4 Å². The number of anilines is 1. The standard InChI is InChI=1S/C15H24N4O3/c1-15(2,3)22-14(20)19-6-5-17-9-11(19)10-8-18-13(16)7-12(10)21-4/h7-8,11,17H,5-6,9H2,1-4H3,(H2,16,18). The fourth-order valence-corrected chi connectivity index (χ4v) is 2.41. The van der Waals surface area contributed by atoms with Crippen molar-refractivity contribution in [3.8, 4) is 5.75 Å². The van der Waals surface area contributed by atoms with Crippen LogP contribution in [0.4, 0.5) is 10.6 Å². The largest absolute Gasteiger partial charge is 0.496 e. The van der Waals surface area contributed by atoms with Crippen molar-refractivity contribution < 1.29 is 14.3 Å². The molecule has 7 nitrogen and oxygen atoms in total. The predicted molar refractivity (Wildman–Crippen MR) is 83.8 cm³/mol. The molecule has 1 aromatic rings. The number of rotatable bonds is 2. The van der Waals surface area contributed by atoms with Crippen LogP contribution in [-0.4, -0.2) is 48.3 Å². The van der Waals surface area contributed by atoms with Gasteiger partial charge in [0.15, 0.2) is 0 Å². The van der Waals surface area contributed by atoms with Gasteiger partial charge < -0.3 is 20.5 Å². The smallest absolute Gasteiger partial charge is 0.410 e. The second-order valence-electron chi connectivity index (χ2n) is 6.24. The SMILES string of the molecule is COc1cc(N)ncc1C1CNCCN1C(=O)OC(C)(C)C. The molecule has 2 rings (SSSR count). The van der Waals surface area contributed by atoms with Crippen molar-refractivity contribution >= 4 is 11.9 Å². The van der Waals surface area contributed by atoms with Gasteiger partial charge in [-0.3, -0.25) is 4.90 Å². The van der Waals surface area contributed by atoms with Gasteiger partial charge in [0.2, 0.25) is 0 Å². The van der Waals surface area contributed by atoms with Crippen LogP contribution in [0.2, 0.25) is 0 Å². The second-order valence-corrected chi connectivity index (χ2v) is 6.24. The van der Waals surface area contributed by atoms with Crippen LogP contribution < -0.4 is 15.8 Å². The first-order valence-corrected chi connectivity index (χ1v) is 7.31. The Kier molecular flexibility index (Phi) is 4.75. The Morgan fingerprint density at radius 2 is 2.23 bits per heavy atom. The maximum atomic E-state index is 12.5. The fourth-order valence-electron chi connectivity index (χ4n) is 2.41. The molecule has 1 unspecified atom stereocenters. The molecule has 0 spiro atoms. The Hall–Kier alpha value is -2.02. The van der Waals surface area contributed by atoms with E-state index >= 15 is 0 Å². The number of amides is 1. The third kappa shape index (κ3) is 3.79. The maximum Gasteiger partial charge on any atom is 0.410 e. The first-order valence-electron chi connectivity index (χ1n) is 7.31. The first kappa shape index (κ1) is 16.4. The number of hydrogen-bond donors (Lipinski definition) is 2. The highest BCUT2D eigenvalue weighted by molar-refractivity contribution is 5.69. The van der Waals surface area contributed by atoms with Crippen molar-refractivity contribution in [1.82, 2.24) is 15.2 Å². The van der Waals surface area contributed by atoms with Crippen molar-refractivity contribution in [3.63, 3.8) is 0 Å². The summed E-state index contributed by atoms with van der Waals surface area (Å²) in [6.07, 6.45) is 1.32. The van der Waals surface area contributed by atoms with Crippen LogP contribution in [0.25, 0.3) is 0 Å². The Morgan fingerprint density at radius 1 is 1.50 bits per heavy atom. The molecule has 1 fully saturated rings. The van der Waals surface area contributed by atoms with Gasteiger partial charge in [-0.1, -0.05) is 0 Å². The Labute approximate surface area is 130 Å². The molecular weight excluding hydrogens is 284 g/mol. The number of nitrogen functional groups attached to an aromatic ring is 1. The Morgan fingerprint density at radius 3 is 2.86 bits per heavy atom. The molecule has 0 saturated carbocycles. The molecule has 0 aromatic carbocycles. The number of carbonyl (C=O) groups excluding carboxylic acids is 1. The molecule has 1 atom stereocenters. The fraction of sp³-hybridized carbons (Fsp3) is 0.600. The van der Waals surface area contributed by atoms with Gasteiger partial charge in [0.05, 0.1) is 13.2 Å². The minimum Gasteiger partial charge on any atom is -0.496 e. The number of nitrogens with two attached hydrogens (primary N) is 1. The second kappa shape index (κ2) is 6.39. The Bertz CT molecular complexity index is 542. The molecule has 1 aromatic heterocycles. The van der Waals surface area contributed by atoms with Crippen LogP contribution in [0.3, 0.4) is 0 Å². The first-order chi connectivity index (χ1) is 10.3. The summed E-state index contributed by atoms with van der Waals surface area (Å²) in [5.41, 5.74) is 5.98. The van der Waals surface area contributed by atoms with Crippen LogP contribution in [0.15, 0.2) is 12.3 Å². The average molecular weight is 308 g/mol. The minimum absolute atomic E-state index is 0.202. The molecule has 1 aliphatic rings. The van der Waals surface area contributed by atoms with Crippen LogP contribution >= 0.6 is 0 Å². The van der Waals surface area contributed by atoms with Gasteiger partial charge in [0.25, 0.3) is 0 Å². The number of carbonyl (C=O) groups is 1. The normalized spacial score (nSPS) is 18.9. The molecule has 2 heterocycles. The summed E-state index contributed by atoms with van der Waals surface area (Å²) in [4.78, 5) is 18.3. The summed E-state index contributed by atoms with van der Waals surface area (Å²) in [5, 5.41) is 3.28. The topological polar surface area (TPSA) is 89.7 Å². The molecule has 122 valence electrons. The van der Waals surface area contributed by atoms with Crippen LogP contribution in [-0.2, 0) is 4.74 Å². The lowest BCUT2D eigenvalue weighted by Crippen LogP contribution is -2.50. The molecule has 22 heavy (non-hydrogen) atoms. The third-order valence-corrected chi connectivity index (χ3v) is 3.37. The molecule has 1 saturated heterocycles. The van der Waals surface area contributed by atoms with E-state index in [1.54, 1.807) is 24.3 Å². The van der Waals surface area contributed by atoms with Crippen LogP contribution in [0, 0.1) is 0 Å². The van der Waals surface area contributed by atoms with Gasteiger partial charge >= 0.3 is 6.09 Å². The highest BCUT2D eigenvalue weighted by Gasteiger charge is 2.33. The molecule has 0 aliphatic carbocycles. The van der Waals surface area contributed by atoms with E-state index in [1.165, 1.54) is 0 Å². The van der Waals surface area contributed by atoms with E-state index in [2.05, 4.69) is 10.3 Å². The van der Waals surface area contributed by atoms with E-state index in [9.17, 15) is 4.79 Å². The van der Waals surface area contributed by atoms with E-state index in [0.29, 0.717) is 24.7 Å². The van der Waals surface area contributed by atoms with Gasteiger partial charge in [-0.15, -0.1) is 0 Å². The molecular formula is C15H24N4O3. The number of pyridine rings is 1. The number of piperazine rings is 1. The quantitative estimate of drug-likeness (QED) is 0.861. The van der Waals surface area contributed by atoms with E-state index < -0.39 is 5.60 Å². The van der Waals surface area contributed by atoms with Crippen molar-refractivity contribution in [2.24, 2.45) is 0 Å². The zero-order chi connectivity index (χ0) is 16.3. The average Bonchev–Trinajstić information content (AvgIpc) is 2.45. The van der Waals surface area contributed by atoms with Crippen molar-refractivity contribution in [1.29, 1.82) is 0 Å². The van der Waals surface area contributed by atoms with Crippen LogP contribution in [0.1, 0.15) is 32.4 Å². The van der Waals surface area contributed by atoms with Gasteiger partial charge in [-0.2, -0.15) is 0 Å². The zero-order valence-corrected chi connectivity index (χ0v) is 13.5. The number of aromatic nitrogens is 1. The molecule has 0 radical (unpaired) electrons. The van der Waals surface area contributed by atoms with Gasteiger partial charge in [-0.25, -0.2) is 9.78 Å². The lowest BCUT2D eigenvalue weighted by molar-refractivity contribution is 0.0115. The van der Waals surface area contributed by atoms with Crippen molar-refractivity contribution in [3.05, 3.63) is 17.8 Å². The van der Waals surface area contributed by atoms with E-state index in [-0.39, 0.29) is 12.1 Å². The summed E-state index contributed by atoms with van der Waals surface area (Å²) in [5.74, 6) is 1.00. The van der Waals surface area contributed by atoms with E-state index in [1.807, 2.05) is 20.8 Å². The Balaban J connectivity index is 2.28. The van der Waals surface area contributed by atoms with Gasteiger partial charge in [-0.05, 0) is 20.8 Å². The number of nitrogens with zero attached hydrogens (tertiary/aromatic N) is 2. The summed E-state index contributed by atoms with van der Waals surface area (Å²) in [7, 11) is 1.58. The number of methoxy groups -OCH3 is 1. The maximum absolute atomic E-state index is 12.5. The summed E-state index contributed by atoms with van der Waals surface area (Å²) in [6.45, 7) is 7.46. The monoisotopic (exact) mass is 308 g/mol. The summed E-state index contributed by atoms with van der Waals surface area (Å²) >= 11 is 0. The molecule has 0 bridgehead atoms.